The van der Waals surface area contributed by atoms with Gasteiger partial charge < -0.3 is 10.6 Å². The molecule has 0 aliphatic heterocycles. The van der Waals surface area contributed by atoms with Crippen LogP contribution in [0.2, 0.25) is 0 Å². The summed E-state index contributed by atoms with van der Waals surface area (Å²) < 4.78 is 23.2. The van der Waals surface area contributed by atoms with Crippen molar-refractivity contribution in [3.05, 3.63) is 29.8 Å². The number of sulfone groups is 1. The number of carbonyl (C=O) groups excluding carboxylic acids is 1. The molecular weight excluding hydrogens is 264 g/mol. The lowest BCUT2D eigenvalue weighted by atomic mass is 10.2. The molecule has 0 saturated carbocycles. The molecule has 1 aromatic rings. The highest BCUT2D eigenvalue weighted by atomic mass is 32.2. The highest BCUT2D eigenvalue weighted by molar-refractivity contribution is 7.90. The van der Waals surface area contributed by atoms with E-state index in [4.69, 9.17) is 0 Å². The predicted octanol–water partition coefficient (Wildman–Crippen LogP) is 0.818. The number of nitrogens with one attached hydrogen (secondary N) is 2. The first-order chi connectivity index (χ1) is 8.86. The predicted molar refractivity (Wildman–Crippen MR) is 75.0 cm³/mol. The summed E-state index contributed by atoms with van der Waals surface area (Å²) in [5.41, 5.74) is 0.189. The van der Waals surface area contributed by atoms with Crippen molar-refractivity contribution in [3.8, 4) is 0 Å². The average Bonchev–Trinajstić information content (AvgIpc) is 2.35. The van der Waals surface area contributed by atoms with E-state index in [1.165, 1.54) is 12.1 Å². The highest BCUT2D eigenvalue weighted by Gasteiger charge is 2.18. The Balaban J connectivity index is 2.84. The second-order valence-electron chi connectivity index (χ2n) is 4.44. The summed E-state index contributed by atoms with van der Waals surface area (Å²) in [6, 6.07) is 6.35. The molecule has 2 N–H and O–H groups in total. The molecule has 0 aliphatic rings. The van der Waals surface area contributed by atoms with Gasteiger partial charge in [-0.25, -0.2) is 8.42 Å². The van der Waals surface area contributed by atoms with Gasteiger partial charge in [-0.2, -0.15) is 0 Å². The number of hydrogen-bond donors (Lipinski definition) is 2. The van der Waals surface area contributed by atoms with E-state index in [1.807, 2.05) is 13.8 Å². The van der Waals surface area contributed by atoms with Crippen molar-refractivity contribution in [2.45, 2.75) is 24.8 Å². The average molecular weight is 284 g/mol. The fraction of sp³-hybridized carbons (Fsp3) is 0.462. The van der Waals surface area contributed by atoms with Gasteiger partial charge >= 0.3 is 0 Å². The van der Waals surface area contributed by atoms with Gasteiger partial charge in [-0.05, 0) is 25.6 Å². The van der Waals surface area contributed by atoms with Crippen LogP contribution in [0.4, 0.5) is 0 Å². The van der Waals surface area contributed by atoms with Gasteiger partial charge in [-0.1, -0.05) is 19.1 Å². The SMILES string of the molecule is CCN[C@H](C)CNC(=O)c1ccccc1S(C)(=O)=O. The standard InChI is InChI=1S/C13H20N2O3S/c1-4-14-10(2)9-15-13(16)11-7-5-6-8-12(11)19(3,17)18/h5-8,10,14H,4,9H2,1-3H3,(H,15,16)/t10-/m1/s1. The molecule has 6 heteroatoms. The first-order valence-corrected chi connectivity index (χ1v) is 8.06. The van der Waals surface area contributed by atoms with E-state index < -0.39 is 9.84 Å². The fourth-order valence-electron chi connectivity index (χ4n) is 1.74. The van der Waals surface area contributed by atoms with Crippen LogP contribution in [0.3, 0.4) is 0 Å². The summed E-state index contributed by atoms with van der Waals surface area (Å²) >= 11 is 0. The van der Waals surface area contributed by atoms with Crippen molar-refractivity contribution in [3.63, 3.8) is 0 Å². The number of carbonyl (C=O) groups is 1. The van der Waals surface area contributed by atoms with Crippen LogP contribution in [0.25, 0.3) is 0 Å². The van der Waals surface area contributed by atoms with Gasteiger partial charge in [0.15, 0.2) is 9.84 Å². The number of hydrogen-bond acceptors (Lipinski definition) is 4. The number of benzene rings is 1. The molecule has 1 amide bonds. The van der Waals surface area contributed by atoms with E-state index in [0.717, 1.165) is 12.8 Å². The van der Waals surface area contributed by atoms with Crippen LogP contribution < -0.4 is 10.6 Å². The zero-order valence-electron chi connectivity index (χ0n) is 11.4. The molecule has 106 valence electrons. The van der Waals surface area contributed by atoms with Crippen LogP contribution in [0.5, 0.6) is 0 Å². The zero-order valence-corrected chi connectivity index (χ0v) is 12.3. The summed E-state index contributed by atoms with van der Waals surface area (Å²) in [5.74, 6) is -0.370. The third-order valence-electron chi connectivity index (χ3n) is 2.65. The first kappa shape index (κ1) is 15.7. The molecule has 0 aliphatic carbocycles. The molecule has 0 radical (unpaired) electrons. The van der Waals surface area contributed by atoms with E-state index in [2.05, 4.69) is 10.6 Å². The third kappa shape index (κ3) is 4.65. The lowest BCUT2D eigenvalue weighted by molar-refractivity contribution is 0.0947. The largest absolute Gasteiger partial charge is 0.350 e. The van der Waals surface area contributed by atoms with E-state index >= 15 is 0 Å². The number of likely N-dealkylation sites (N-methyl/N-ethyl adjacent to an activating group) is 1. The topological polar surface area (TPSA) is 75.3 Å². The normalized spacial score (nSPS) is 13.0. The Bertz CT molecular complexity index is 541. The molecule has 0 fully saturated rings. The quantitative estimate of drug-likeness (QED) is 0.811. The minimum atomic E-state index is -3.40. The van der Waals surface area contributed by atoms with Crippen LogP contribution in [-0.2, 0) is 9.84 Å². The zero-order chi connectivity index (χ0) is 14.5. The molecule has 1 rings (SSSR count). The minimum absolute atomic E-state index is 0.0589. The van der Waals surface area contributed by atoms with Crippen LogP contribution >= 0.6 is 0 Å². The minimum Gasteiger partial charge on any atom is -0.350 e. The Morgan fingerprint density at radius 1 is 1.32 bits per heavy atom. The van der Waals surface area contributed by atoms with Gasteiger partial charge in [-0.15, -0.1) is 0 Å². The molecule has 0 bridgehead atoms. The van der Waals surface area contributed by atoms with Crippen LogP contribution in [0, 0.1) is 0 Å². The molecular formula is C13H20N2O3S. The maximum atomic E-state index is 12.0. The number of amides is 1. The van der Waals surface area contributed by atoms with E-state index in [0.29, 0.717) is 6.54 Å². The summed E-state index contributed by atoms with van der Waals surface area (Å²) in [7, 11) is -3.40. The molecule has 0 heterocycles. The van der Waals surface area contributed by atoms with Gasteiger partial charge in [-0.3, -0.25) is 4.79 Å². The summed E-state index contributed by atoms with van der Waals surface area (Å²) in [6.45, 7) is 5.20. The molecule has 0 saturated heterocycles. The Labute approximate surface area is 114 Å². The van der Waals surface area contributed by atoms with Crippen LogP contribution in [0.15, 0.2) is 29.2 Å². The molecule has 19 heavy (non-hydrogen) atoms. The second kappa shape index (κ2) is 6.68. The van der Waals surface area contributed by atoms with E-state index in [1.54, 1.807) is 12.1 Å². The third-order valence-corrected chi connectivity index (χ3v) is 3.81. The Hall–Kier alpha value is -1.40. The lowest BCUT2D eigenvalue weighted by Crippen LogP contribution is -2.39. The second-order valence-corrected chi connectivity index (χ2v) is 6.42. The molecule has 0 unspecified atom stereocenters. The van der Waals surface area contributed by atoms with Crippen molar-refractivity contribution in [1.82, 2.24) is 10.6 Å². The summed E-state index contributed by atoms with van der Waals surface area (Å²) in [5, 5.41) is 5.89. The smallest absolute Gasteiger partial charge is 0.252 e. The van der Waals surface area contributed by atoms with Crippen molar-refractivity contribution in [1.29, 1.82) is 0 Å². The molecule has 1 atom stereocenters. The van der Waals surface area contributed by atoms with E-state index in [-0.39, 0.29) is 22.4 Å². The van der Waals surface area contributed by atoms with Gasteiger partial charge in [0, 0.05) is 18.8 Å². The Morgan fingerprint density at radius 3 is 2.53 bits per heavy atom. The molecule has 0 aromatic heterocycles. The first-order valence-electron chi connectivity index (χ1n) is 6.17. The molecule has 1 aromatic carbocycles. The van der Waals surface area contributed by atoms with Gasteiger partial charge in [0.1, 0.15) is 0 Å². The monoisotopic (exact) mass is 284 g/mol. The van der Waals surface area contributed by atoms with Gasteiger partial charge in [0.25, 0.3) is 5.91 Å². The lowest BCUT2D eigenvalue weighted by Gasteiger charge is -2.14. The Kier molecular flexibility index (Phi) is 5.50. The van der Waals surface area contributed by atoms with Crippen molar-refractivity contribution in [2.24, 2.45) is 0 Å². The maximum absolute atomic E-state index is 12.0. The van der Waals surface area contributed by atoms with Gasteiger partial charge in [0.05, 0.1) is 10.5 Å². The Morgan fingerprint density at radius 2 is 1.95 bits per heavy atom. The van der Waals surface area contributed by atoms with Gasteiger partial charge in [0.2, 0.25) is 0 Å². The summed E-state index contributed by atoms with van der Waals surface area (Å²) in [6.07, 6.45) is 1.10. The highest BCUT2D eigenvalue weighted by Crippen LogP contribution is 2.14. The van der Waals surface area contributed by atoms with Crippen LogP contribution in [0.1, 0.15) is 24.2 Å². The van der Waals surface area contributed by atoms with Crippen molar-refractivity contribution < 1.29 is 13.2 Å². The van der Waals surface area contributed by atoms with Crippen LogP contribution in [-0.4, -0.2) is 39.7 Å². The van der Waals surface area contributed by atoms with Crippen molar-refractivity contribution >= 4 is 15.7 Å². The fourth-order valence-corrected chi connectivity index (χ4v) is 2.63. The molecule has 5 nitrogen and oxygen atoms in total. The number of rotatable bonds is 6. The molecule has 0 spiro atoms. The van der Waals surface area contributed by atoms with Crippen molar-refractivity contribution in [2.75, 3.05) is 19.3 Å². The maximum Gasteiger partial charge on any atom is 0.252 e. The van der Waals surface area contributed by atoms with E-state index in [9.17, 15) is 13.2 Å². The summed E-state index contributed by atoms with van der Waals surface area (Å²) in [4.78, 5) is 12.1.